The Morgan fingerprint density at radius 3 is 2.51 bits per heavy atom. The van der Waals surface area contributed by atoms with E-state index in [-0.39, 0.29) is 28.7 Å². The number of nitrogen functional groups attached to an aromatic ring is 1. The highest BCUT2D eigenvalue weighted by atomic mass is 35.5. The van der Waals surface area contributed by atoms with Gasteiger partial charge >= 0.3 is 13.7 Å². The maximum Gasteiger partial charge on any atom is 0.461 e. The van der Waals surface area contributed by atoms with Gasteiger partial charge in [0.05, 0.1) is 18.7 Å². The molecule has 6 atom stereocenters. The monoisotopic (exact) mass is 692 g/mol. The van der Waals surface area contributed by atoms with E-state index in [1.54, 1.807) is 13.8 Å². The number of sulfonamides is 1. The van der Waals surface area contributed by atoms with E-state index in [0.717, 1.165) is 11.3 Å². The van der Waals surface area contributed by atoms with Gasteiger partial charge in [-0.05, 0) is 52.0 Å². The summed E-state index contributed by atoms with van der Waals surface area (Å²) in [7, 11) is -6.94. The molecule has 0 amide bonds. The highest BCUT2D eigenvalue weighted by molar-refractivity contribution is 7.88. The molecular formula is C24H34ClN8O10PS. The van der Waals surface area contributed by atoms with Crippen LogP contribution in [-0.4, -0.2) is 87.6 Å². The Hall–Kier alpha value is -3.13. The summed E-state index contributed by atoms with van der Waals surface area (Å²) in [4.78, 5) is 27.2. The van der Waals surface area contributed by atoms with E-state index in [1.165, 1.54) is 56.1 Å². The number of aromatic nitrogens is 4. The highest BCUT2D eigenvalue weighted by Gasteiger charge is 2.56. The minimum atomic E-state index is -4.59. The van der Waals surface area contributed by atoms with Crippen LogP contribution in [-0.2, 0) is 33.4 Å². The number of nitrogens with two attached hydrogens (primary N) is 1. The number of carbonyl (C=O) groups is 1. The fourth-order valence-electron chi connectivity index (χ4n) is 4.28. The van der Waals surface area contributed by atoms with Crippen LogP contribution in [0.2, 0.25) is 5.02 Å². The van der Waals surface area contributed by atoms with Gasteiger partial charge in [0.2, 0.25) is 22.3 Å². The first-order valence-corrected chi connectivity index (χ1v) is 17.1. The lowest BCUT2D eigenvalue weighted by Crippen LogP contribution is -2.44. The highest BCUT2D eigenvalue weighted by Crippen LogP contribution is 2.51. The molecule has 248 valence electrons. The molecule has 3 unspecified atom stereocenters. The van der Waals surface area contributed by atoms with Crippen molar-refractivity contribution in [3.63, 3.8) is 0 Å². The van der Waals surface area contributed by atoms with Crippen LogP contribution in [0.4, 0.5) is 11.8 Å². The molecule has 1 aliphatic heterocycles. The molecule has 1 aliphatic rings. The van der Waals surface area contributed by atoms with E-state index < -0.39 is 60.1 Å². The Morgan fingerprint density at radius 2 is 1.91 bits per heavy atom. The summed E-state index contributed by atoms with van der Waals surface area (Å²) in [6, 6.07) is 4.52. The number of anilines is 2. The van der Waals surface area contributed by atoms with Crippen LogP contribution in [0.15, 0.2) is 30.6 Å². The summed E-state index contributed by atoms with van der Waals surface area (Å²) in [5.74, 6) is -1.04. The number of halogens is 1. The van der Waals surface area contributed by atoms with Crippen LogP contribution in [0.25, 0.3) is 11.2 Å². The Kier molecular flexibility index (Phi) is 9.99. The normalized spacial score (nSPS) is 24.0. The van der Waals surface area contributed by atoms with Crippen molar-refractivity contribution in [3.8, 4) is 5.75 Å². The smallest absolute Gasteiger partial charge is 0.461 e. The number of carbonyl (C=O) groups excluding carboxylic acids is 1. The Morgan fingerprint density at radius 1 is 1.27 bits per heavy atom. The van der Waals surface area contributed by atoms with Crippen molar-refractivity contribution < 1.29 is 46.5 Å². The topological polar surface area (TPSA) is 243 Å². The van der Waals surface area contributed by atoms with E-state index in [4.69, 9.17) is 35.9 Å². The minimum absolute atomic E-state index is 0.0125. The number of nitrogens with zero attached hydrogens (tertiary/aromatic N) is 5. The first kappa shape index (κ1) is 34.7. The number of hydrogen-bond acceptors (Lipinski definition) is 15. The molecule has 0 saturated carbocycles. The number of esters is 1. The van der Waals surface area contributed by atoms with Crippen LogP contribution in [0.3, 0.4) is 0 Å². The summed E-state index contributed by atoms with van der Waals surface area (Å²) in [5.41, 5.74) is 3.79. The van der Waals surface area contributed by atoms with Gasteiger partial charge in [-0.3, -0.25) is 18.9 Å². The SMILES string of the molecule is CC(C)OC(=O)[C@H](C)NP(=O)(Oc1ccc(Cl)cc1)OC1O[C@@H](n2cnc3c(N(C)NS(C)(=O)=O)nc(N)nc32)[C@](C)(O)C1O. The summed E-state index contributed by atoms with van der Waals surface area (Å²) in [6.45, 7) is 5.86. The van der Waals surface area contributed by atoms with Crippen LogP contribution in [0.5, 0.6) is 5.75 Å². The number of benzene rings is 1. The van der Waals surface area contributed by atoms with Crippen LogP contribution >= 0.6 is 19.3 Å². The molecule has 1 fully saturated rings. The van der Waals surface area contributed by atoms with Gasteiger partial charge in [-0.15, -0.1) is 4.83 Å². The average molecular weight is 693 g/mol. The second kappa shape index (κ2) is 12.9. The van der Waals surface area contributed by atoms with Crippen LogP contribution in [0, 0.1) is 0 Å². The number of rotatable bonds is 12. The predicted molar refractivity (Wildman–Crippen MR) is 161 cm³/mol. The number of hydrogen-bond donors (Lipinski definition) is 5. The van der Waals surface area contributed by atoms with Crippen molar-refractivity contribution in [1.82, 2.24) is 29.4 Å². The number of aliphatic hydroxyl groups excluding tert-OH is 1. The molecule has 3 aromatic rings. The lowest BCUT2D eigenvalue weighted by atomic mass is 9.99. The molecule has 0 bridgehead atoms. The van der Waals surface area contributed by atoms with Crippen molar-refractivity contribution in [3.05, 3.63) is 35.6 Å². The predicted octanol–water partition coefficient (Wildman–Crippen LogP) is 1.06. The van der Waals surface area contributed by atoms with Crippen molar-refractivity contribution in [2.45, 2.75) is 64.1 Å². The van der Waals surface area contributed by atoms with Gasteiger partial charge in [0.15, 0.2) is 23.2 Å². The summed E-state index contributed by atoms with van der Waals surface area (Å²) < 4.78 is 61.2. The van der Waals surface area contributed by atoms with E-state index in [1.807, 2.05) is 0 Å². The number of hydrazine groups is 1. The molecule has 6 N–H and O–H groups in total. The molecule has 45 heavy (non-hydrogen) atoms. The summed E-state index contributed by atoms with van der Waals surface area (Å²) in [5, 5.41) is 26.4. The maximum absolute atomic E-state index is 14.1. The Labute approximate surface area is 263 Å². The van der Waals surface area contributed by atoms with Gasteiger partial charge in [-0.1, -0.05) is 11.6 Å². The number of aliphatic hydroxyl groups is 2. The molecule has 0 radical (unpaired) electrons. The molecule has 18 nitrogen and oxygen atoms in total. The molecule has 2 aromatic heterocycles. The molecule has 0 aliphatic carbocycles. The lowest BCUT2D eigenvalue weighted by Gasteiger charge is -2.28. The summed E-state index contributed by atoms with van der Waals surface area (Å²) >= 11 is 5.95. The number of imidazole rings is 1. The molecule has 1 saturated heterocycles. The Bertz CT molecular complexity index is 1710. The fourth-order valence-corrected chi connectivity index (χ4v) is 6.56. The first-order chi connectivity index (χ1) is 20.8. The average Bonchev–Trinajstić information content (AvgIpc) is 3.41. The van der Waals surface area contributed by atoms with Crippen molar-refractivity contribution in [1.29, 1.82) is 0 Å². The third-order valence-electron chi connectivity index (χ3n) is 6.25. The van der Waals surface area contributed by atoms with Crippen LogP contribution < -0.4 is 25.2 Å². The van der Waals surface area contributed by atoms with E-state index >= 15 is 0 Å². The molecule has 4 rings (SSSR count). The number of nitrogens with one attached hydrogen (secondary N) is 2. The number of fused-ring (bicyclic) bond motifs is 1. The maximum atomic E-state index is 14.1. The minimum Gasteiger partial charge on any atom is -0.462 e. The first-order valence-electron chi connectivity index (χ1n) is 13.3. The lowest BCUT2D eigenvalue weighted by molar-refractivity contribution is -0.149. The van der Waals surface area contributed by atoms with E-state index in [0.29, 0.717) is 5.02 Å². The third kappa shape index (κ3) is 8.00. The largest absolute Gasteiger partial charge is 0.462 e. The summed E-state index contributed by atoms with van der Waals surface area (Å²) in [6.07, 6.45) is -3.49. The van der Waals surface area contributed by atoms with Gasteiger partial charge in [0.25, 0.3) is 0 Å². The molecule has 1 aromatic carbocycles. The number of ether oxygens (including phenoxy) is 2. The molecule has 21 heteroatoms. The second-order valence-corrected chi connectivity index (χ2v) is 14.5. The quantitative estimate of drug-likeness (QED) is 0.101. The van der Waals surface area contributed by atoms with Gasteiger partial charge in [0.1, 0.15) is 23.5 Å². The van der Waals surface area contributed by atoms with Gasteiger partial charge in [-0.2, -0.15) is 15.1 Å². The van der Waals surface area contributed by atoms with Crippen LogP contribution in [0.1, 0.15) is 33.9 Å². The zero-order chi connectivity index (χ0) is 33.5. The second-order valence-electron chi connectivity index (χ2n) is 10.7. The third-order valence-corrected chi connectivity index (χ3v) is 8.75. The van der Waals surface area contributed by atoms with Crippen molar-refractivity contribution in [2.75, 3.05) is 24.0 Å². The van der Waals surface area contributed by atoms with Gasteiger partial charge in [-0.25, -0.2) is 18.0 Å². The zero-order valence-corrected chi connectivity index (χ0v) is 27.4. The molecule has 3 heterocycles. The van der Waals surface area contributed by atoms with Gasteiger partial charge in [0, 0.05) is 12.1 Å². The fraction of sp³-hybridized carbons (Fsp3) is 0.500. The molecule has 0 spiro atoms. The van der Waals surface area contributed by atoms with E-state index in [9.17, 15) is 28.0 Å². The Balaban J connectivity index is 1.67. The molecular weight excluding hydrogens is 659 g/mol. The van der Waals surface area contributed by atoms with Crippen molar-refractivity contribution in [2.24, 2.45) is 0 Å². The van der Waals surface area contributed by atoms with Gasteiger partial charge < -0.3 is 29.9 Å². The standard InChI is InChI=1S/C24H34ClN8O10PS/c1-12(2)40-20(35)13(3)30-44(37,42-15-9-7-14(25)8-10-15)43-21-17(34)24(4,36)22(41-21)33-11-27-16-18(28-23(26)29-19(16)33)32(5)31-45(6,38)39/h7-13,17,21-22,31,34,36H,1-6H3,(H,30,37)(H2,26,28,29)/t13-,17?,21?,22+,24+,44?/m0/s1. The van der Waals surface area contributed by atoms with Crippen molar-refractivity contribution >= 4 is 58.3 Å². The van der Waals surface area contributed by atoms with E-state index in [2.05, 4.69) is 24.9 Å². The zero-order valence-electron chi connectivity index (χ0n) is 25.0.